The molecule has 3 nitrogen and oxygen atoms in total. The number of allylic oxidation sites excluding steroid dienone is 1. The Labute approximate surface area is 108 Å². The summed E-state index contributed by atoms with van der Waals surface area (Å²) in [5.74, 6) is 0.981. The van der Waals surface area contributed by atoms with E-state index in [-0.39, 0.29) is 5.91 Å². The van der Waals surface area contributed by atoms with Crippen molar-refractivity contribution < 1.29 is 9.53 Å². The van der Waals surface area contributed by atoms with Gasteiger partial charge in [-0.15, -0.1) is 0 Å². The quantitative estimate of drug-likeness (QED) is 0.885. The number of nitrogens with one attached hydrogen (secondary N) is 1. The van der Waals surface area contributed by atoms with Crippen molar-refractivity contribution >= 4 is 11.5 Å². The van der Waals surface area contributed by atoms with Crippen LogP contribution in [0.1, 0.15) is 30.9 Å². The summed E-state index contributed by atoms with van der Waals surface area (Å²) >= 11 is 0. The molecule has 0 saturated heterocycles. The lowest BCUT2D eigenvalue weighted by Gasteiger charge is -2.05. The van der Waals surface area contributed by atoms with Crippen LogP contribution in [-0.4, -0.2) is 19.6 Å². The highest BCUT2D eigenvalue weighted by Gasteiger charge is 2.16. The summed E-state index contributed by atoms with van der Waals surface area (Å²) in [5.41, 5.74) is 3.93. The number of ether oxygens (including phenoxy) is 1. The van der Waals surface area contributed by atoms with Crippen molar-refractivity contribution in [2.75, 3.05) is 13.7 Å². The zero-order valence-electron chi connectivity index (χ0n) is 11.0. The zero-order chi connectivity index (χ0) is 13.0. The predicted octanol–water partition coefficient (Wildman–Crippen LogP) is 2.55. The van der Waals surface area contributed by atoms with Gasteiger partial charge < -0.3 is 10.1 Å². The average molecular weight is 245 g/mol. The van der Waals surface area contributed by atoms with Crippen LogP contribution >= 0.6 is 0 Å². The second kappa shape index (κ2) is 5.71. The van der Waals surface area contributed by atoms with E-state index in [1.54, 1.807) is 7.11 Å². The molecule has 18 heavy (non-hydrogen) atoms. The highest BCUT2D eigenvalue weighted by Crippen LogP contribution is 2.34. The van der Waals surface area contributed by atoms with Gasteiger partial charge in [-0.25, -0.2) is 0 Å². The number of fused-ring (bicyclic) bond motifs is 1. The van der Waals surface area contributed by atoms with E-state index in [4.69, 9.17) is 4.74 Å². The van der Waals surface area contributed by atoms with Gasteiger partial charge in [-0.2, -0.15) is 0 Å². The minimum atomic E-state index is 0.0933. The van der Waals surface area contributed by atoms with Crippen LogP contribution in [0.25, 0.3) is 5.57 Å². The lowest BCUT2D eigenvalue weighted by Crippen LogP contribution is -2.22. The van der Waals surface area contributed by atoms with Crippen molar-refractivity contribution in [3.63, 3.8) is 0 Å². The average Bonchev–Trinajstić information content (AvgIpc) is 2.81. The van der Waals surface area contributed by atoms with Gasteiger partial charge in [0, 0.05) is 13.0 Å². The molecule has 0 atom stereocenters. The summed E-state index contributed by atoms with van der Waals surface area (Å²) in [5, 5.41) is 2.87. The largest absolute Gasteiger partial charge is 0.497 e. The summed E-state index contributed by atoms with van der Waals surface area (Å²) in [6.45, 7) is 2.47. The summed E-state index contributed by atoms with van der Waals surface area (Å²) in [4.78, 5) is 11.2. The van der Waals surface area contributed by atoms with Crippen molar-refractivity contribution in [1.29, 1.82) is 0 Å². The second-order valence-corrected chi connectivity index (χ2v) is 4.41. The molecule has 0 bridgehead atoms. The first-order valence-corrected chi connectivity index (χ1v) is 6.37. The van der Waals surface area contributed by atoms with Gasteiger partial charge in [-0.3, -0.25) is 4.79 Å². The van der Waals surface area contributed by atoms with Gasteiger partial charge in [0.2, 0.25) is 5.91 Å². The molecule has 0 fully saturated rings. The molecule has 2 rings (SSSR count). The van der Waals surface area contributed by atoms with E-state index >= 15 is 0 Å². The molecule has 1 N–H and O–H groups in total. The molecule has 0 aliphatic heterocycles. The molecule has 3 heteroatoms. The summed E-state index contributed by atoms with van der Waals surface area (Å²) < 4.78 is 5.25. The van der Waals surface area contributed by atoms with E-state index in [1.165, 1.54) is 16.7 Å². The van der Waals surface area contributed by atoms with Gasteiger partial charge >= 0.3 is 0 Å². The molecule has 96 valence electrons. The molecule has 1 aromatic rings. The Kier molecular flexibility index (Phi) is 4.03. The molecule has 1 aliphatic rings. The Hall–Kier alpha value is -1.77. The van der Waals surface area contributed by atoms with Gasteiger partial charge in [-0.1, -0.05) is 19.1 Å². The molecule has 1 aromatic carbocycles. The second-order valence-electron chi connectivity index (χ2n) is 4.41. The zero-order valence-corrected chi connectivity index (χ0v) is 11.0. The molecule has 0 aromatic heterocycles. The van der Waals surface area contributed by atoms with Crippen LogP contribution in [0.4, 0.5) is 0 Å². The number of hydrogen-bond acceptors (Lipinski definition) is 2. The molecule has 1 amide bonds. The van der Waals surface area contributed by atoms with Crippen LogP contribution in [0.15, 0.2) is 24.3 Å². The van der Waals surface area contributed by atoms with Gasteiger partial charge in [0.25, 0.3) is 0 Å². The molecule has 0 spiro atoms. The molecular formula is C15H19NO2. The fraction of sp³-hybridized carbons (Fsp3) is 0.400. The van der Waals surface area contributed by atoms with E-state index in [9.17, 15) is 4.79 Å². The minimum absolute atomic E-state index is 0.0933. The van der Waals surface area contributed by atoms with Crippen molar-refractivity contribution in [3.05, 3.63) is 35.4 Å². The van der Waals surface area contributed by atoms with Gasteiger partial charge in [0.1, 0.15) is 5.75 Å². The number of carbonyl (C=O) groups excluding carboxylic acids is 1. The molecule has 0 unspecified atom stereocenters. The maximum atomic E-state index is 11.2. The Bertz CT molecular complexity index is 477. The fourth-order valence-electron chi connectivity index (χ4n) is 2.23. The Morgan fingerprint density at radius 3 is 3.00 bits per heavy atom. The van der Waals surface area contributed by atoms with Crippen LogP contribution in [0.2, 0.25) is 0 Å². The predicted molar refractivity (Wildman–Crippen MR) is 72.6 cm³/mol. The fourth-order valence-corrected chi connectivity index (χ4v) is 2.23. The molecule has 0 saturated carbocycles. The van der Waals surface area contributed by atoms with E-state index in [0.717, 1.165) is 18.6 Å². The number of benzene rings is 1. The van der Waals surface area contributed by atoms with Crippen molar-refractivity contribution in [1.82, 2.24) is 5.32 Å². The number of rotatable bonds is 4. The third kappa shape index (κ3) is 2.73. The van der Waals surface area contributed by atoms with Crippen LogP contribution in [0.5, 0.6) is 5.75 Å². The normalized spacial score (nSPS) is 15.6. The highest BCUT2D eigenvalue weighted by atomic mass is 16.5. The van der Waals surface area contributed by atoms with Crippen LogP contribution in [-0.2, 0) is 11.2 Å². The molecule has 0 radical (unpaired) electrons. The number of hydrogen-bond donors (Lipinski definition) is 1. The standard InChI is InChI=1S/C15H19NO2/c1-3-15(17)16-9-8-12-5-4-11-6-7-13(18-2)10-14(11)12/h6-8,10H,3-5,9H2,1-2H3,(H,16,17)/b12-8-. The van der Waals surface area contributed by atoms with Crippen LogP contribution < -0.4 is 10.1 Å². The van der Waals surface area contributed by atoms with Gasteiger partial charge in [0.15, 0.2) is 0 Å². The van der Waals surface area contributed by atoms with Crippen LogP contribution in [0.3, 0.4) is 0 Å². The Balaban J connectivity index is 2.10. The first-order valence-electron chi connectivity index (χ1n) is 6.37. The lowest BCUT2D eigenvalue weighted by molar-refractivity contribution is -0.120. The molecule has 0 heterocycles. The van der Waals surface area contributed by atoms with E-state index in [1.807, 2.05) is 13.0 Å². The number of amides is 1. The summed E-state index contributed by atoms with van der Waals surface area (Å²) in [6.07, 6.45) is 4.77. The smallest absolute Gasteiger partial charge is 0.219 e. The maximum absolute atomic E-state index is 11.2. The molecular weight excluding hydrogens is 226 g/mol. The van der Waals surface area contributed by atoms with Crippen molar-refractivity contribution in [2.45, 2.75) is 26.2 Å². The van der Waals surface area contributed by atoms with Gasteiger partial charge in [0.05, 0.1) is 7.11 Å². The third-order valence-electron chi connectivity index (χ3n) is 3.30. The number of carbonyl (C=O) groups is 1. The number of methoxy groups -OCH3 is 1. The topological polar surface area (TPSA) is 38.3 Å². The Morgan fingerprint density at radius 1 is 1.44 bits per heavy atom. The maximum Gasteiger partial charge on any atom is 0.219 e. The van der Waals surface area contributed by atoms with E-state index in [2.05, 4.69) is 23.5 Å². The molecule has 1 aliphatic carbocycles. The van der Waals surface area contributed by atoms with E-state index in [0.29, 0.717) is 13.0 Å². The summed E-state index contributed by atoms with van der Waals surface area (Å²) in [7, 11) is 1.68. The first-order chi connectivity index (χ1) is 8.74. The van der Waals surface area contributed by atoms with Gasteiger partial charge in [-0.05, 0) is 41.7 Å². The van der Waals surface area contributed by atoms with Crippen molar-refractivity contribution in [2.24, 2.45) is 0 Å². The monoisotopic (exact) mass is 245 g/mol. The SMILES string of the molecule is CCC(=O)NC/C=C1/CCc2ccc(OC)cc21. The third-order valence-corrected chi connectivity index (χ3v) is 3.30. The minimum Gasteiger partial charge on any atom is -0.497 e. The van der Waals surface area contributed by atoms with E-state index < -0.39 is 0 Å². The Morgan fingerprint density at radius 2 is 2.28 bits per heavy atom. The van der Waals surface area contributed by atoms with Crippen LogP contribution in [0, 0.1) is 0 Å². The van der Waals surface area contributed by atoms with Crippen molar-refractivity contribution in [3.8, 4) is 5.75 Å². The number of aryl methyl sites for hydroxylation is 1. The lowest BCUT2D eigenvalue weighted by atomic mass is 10.1. The first kappa shape index (κ1) is 12.7. The summed E-state index contributed by atoms with van der Waals surface area (Å²) in [6, 6.07) is 6.20. The highest BCUT2D eigenvalue weighted by molar-refractivity contribution is 5.77.